The summed E-state index contributed by atoms with van der Waals surface area (Å²) in [5, 5.41) is 11.6. The van der Waals surface area contributed by atoms with Crippen molar-refractivity contribution in [1.29, 1.82) is 0 Å². The van der Waals surface area contributed by atoms with Crippen molar-refractivity contribution in [2.45, 2.75) is 51.5 Å². The van der Waals surface area contributed by atoms with E-state index < -0.39 is 18.2 Å². The summed E-state index contributed by atoms with van der Waals surface area (Å²) >= 11 is 0. The summed E-state index contributed by atoms with van der Waals surface area (Å²) in [5.41, 5.74) is 13.6. The molecule has 0 bridgehead atoms. The van der Waals surface area contributed by atoms with Crippen molar-refractivity contribution in [2.75, 3.05) is 44.8 Å². The standard InChI is InChI=1S/C13H13FN8.C8H13F2NO.C3H6F2/c1-6-8(20-17-2)3-4-9(18-6)10-7(14)5-22-11(10)12(15)19-13(16)21-22;9-8(10)2-1-3-11(6-8)7-4-12-5-7;1-2-3(4)5/h3-5H,1-2H3,(H4,15,16,19,21);7H,1-6H2;3H,2H2,1H3. The summed E-state index contributed by atoms with van der Waals surface area (Å²) in [4.78, 5) is 10.1. The zero-order chi connectivity index (χ0) is 28.7. The maximum atomic E-state index is 14.3. The number of rotatable bonds is 4. The molecule has 0 spiro atoms. The first-order valence-corrected chi connectivity index (χ1v) is 12.3. The van der Waals surface area contributed by atoms with Crippen molar-refractivity contribution in [2.24, 2.45) is 10.2 Å². The van der Waals surface area contributed by atoms with Crippen molar-refractivity contribution in [3.05, 3.63) is 29.8 Å². The SMILES string of the molecule is CCC(F)F.CN=Nc1ccc(-c2c(F)cn3nc(N)nc(N)c23)nc1C.FC1(F)CCCN(C2COC2)C1. The fourth-order valence-corrected chi connectivity index (χ4v) is 3.99. The van der Waals surface area contributed by atoms with Crippen LogP contribution >= 0.6 is 0 Å². The minimum Gasteiger partial charge on any atom is -0.382 e. The molecule has 0 radical (unpaired) electrons. The van der Waals surface area contributed by atoms with Crippen LogP contribution in [-0.4, -0.2) is 76.2 Å². The third kappa shape index (κ3) is 7.79. The Morgan fingerprint density at radius 2 is 1.90 bits per heavy atom. The van der Waals surface area contributed by atoms with Gasteiger partial charge >= 0.3 is 0 Å². The fourth-order valence-electron chi connectivity index (χ4n) is 3.99. The molecule has 2 aliphatic rings. The van der Waals surface area contributed by atoms with Gasteiger partial charge in [0.25, 0.3) is 5.92 Å². The number of halogens is 5. The number of hydrogen-bond donors (Lipinski definition) is 2. The first kappa shape index (κ1) is 30.1. The van der Waals surface area contributed by atoms with Gasteiger partial charge in [-0.2, -0.15) is 15.2 Å². The Morgan fingerprint density at radius 1 is 1.21 bits per heavy atom. The van der Waals surface area contributed by atoms with E-state index in [0.717, 1.165) is 6.54 Å². The molecule has 4 N–H and O–H groups in total. The summed E-state index contributed by atoms with van der Waals surface area (Å²) in [6, 6.07) is 3.61. The zero-order valence-corrected chi connectivity index (χ0v) is 21.9. The Morgan fingerprint density at radius 3 is 2.44 bits per heavy atom. The molecule has 15 heteroatoms. The smallest absolute Gasteiger partial charge is 0.260 e. The van der Waals surface area contributed by atoms with E-state index in [2.05, 4.69) is 25.3 Å². The molecule has 0 amide bonds. The number of alkyl halides is 4. The molecule has 2 fully saturated rings. The number of hydrogen-bond acceptors (Lipinski definition) is 9. The first-order chi connectivity index (χ1) is 18.5. The van der Waals surface area contributed by atoms with Crippen molar-refractivity contribution < 1.29 is 26.7 Å². The summed E-state index contributed by atoms with van der Waals surface area (Å²) in [5.74, 6) is -2.92. The Labute approximate surface area is 222 Å². The highest BCUT2D eigenvalue weighted by Gasteiger charge is 2.39. The van der Waals surface area contributed by atoms with Crippen LogP contribution in [0.4, 0.5) is 39.4 Å². The van der Waals surface area contributed by atoms with E-state index in [0.29, 0.717) is 42.2 Å². The molecule has 10 nitrogen and oxygen atoms in total. The fraction of sp³-hybridized carbons (Fsp3) is 0.542. The number of nitrogens with two attached hydrogens (primary N) is 2. The van der Waals surface area contributed by atoms with Gasteiger partial charge in [-0.25, -0.2) is 26.5 Å². The lowest BCUT2D eigenvalue weighted by atomic mass is 10.0. The van der Waals surface area contributed by atoms with E-state index in [4.69, 9.17) is 16.2 Å². The molecule has 0 aliphatic carbocycles. The van der Waals surface area contributed by atoms with E-state index in [1.54, 1.807) is 26.1 Å². The van der Waals surface area contributed by atoms with E-state index >= 15 is 0 Å². The summed E-state index contributed by atoms with van der Waals surface area (Å²) in [7, 11) is 1.57. The third-order valence-corrected chi connectivity index (χ3v) is 6.02. The molecule has 3 aromatic rings. The number of piperidine rings is 1. The number of anilines is 2. The van der Waals surface area contributed by atoms with Crippen LogP contribution < -0.4 is 11.5 Å². The van der Waals surface area contributed by atoms with Crippen LogP contribution in [0.1, 0.15) is 31.9 Å². The number of aromatic nitrogens is 4. The predicted molar refractivity (Wildman–Crippen MR) is 137 cm³/mol. The Hall–Kier alpha value is -3.46. The van der Waals surface area contributed by atoms with Crippen molar-refractivity contribution in [1.82, 2.24) is 24.5 Å². The van der Waals surface area contributed by atoms with E-state index in [1.165, 1.54) is 17.6 Å². The van der Waals surface area contributed by atoms with Gasteiger partial charge in [-0.3, -0.25) is 9.88 Å². The molecule has 0 atom stereocenters. The van der Waals surface area contributed by atoms with Gasteiger partial charge in [0, 0.05) is 19.9 Å². The lowest BCUT2D eigenvalue weighted by Crippen LogP contribution is -2.55. The number of azo groups is 1. The second-order valence-corrected chi connectivity index (χ2v) is 9.02. The second kappa shape index (κ2) is 13.1. The molecule has 2 aliphatic heterocycles. The number of ether oxygens (including phenoxy) is 1. The molecule has 5 heterocycles. The predicted octanol–water partition coefficient (Wildman–Crippen LogP) is 4.89. The van der Waals surface area contributed by atoms with Crippen LogP contribution in [0.25, 0.3) is 16.8 Å². The molecule has 5 rings (SSSR count). The van der Waals surface area contributed by atoms with Crippen molar-refractivity contribution >= 4 is 23.0 Å². The van der Waals surface area contributed by atoms with Crippen LogP contribution in [0.5, 0.6) is 0 Å². The minimum atomic E-state index is -2.46. The Balaban J connectivity index is 0.000000206. The first-order valence-electron chi connectivity index (χ1n) is 12.3. The van der Waals surface area contributed by atoms with Crippen LogP contribution in [0.2, 0.25) is 0 Å². The van der Waals surface area contributed by atoms with E-state index in [1.807, 2.05) is 4.90 Å². The van der Waals surface area contributed by atoms with Gasteiger partial charge < -0.3 is 16.2 Å². The minimum absolute atomic E-state index is 0.0278. The van der Waals surface area contributed by atoms with Gasteiger partial charge in [0.2, 0.25) is 12.4 Å². The molecule has 2 saturated heterocycles. The zero-order valence-electron chi connectivity index (χ0n) is 21.9. The maximum Gasteiger partial charge on any atom is 0.260 e. The highest BCUT2D eigenvalue weighted by atomic mass is 19.3. The van der Waals surface area contributed by atoms with Gasteiger partial charge in [0.05, 0.1) is 48.9 Å². The normalized spacial score (nSPS) is 17.5. The average molecular weight is 558 g/mol. The highest BCUT2D eigenvalue weighted by Crippen LogP contribution is 2.32. The van der Waals surface area contributed by atoms with Crippen LogP contribution in [0, 0.1) is 12.7 Å². The van der Waals surface area contributed by atoms with Crippen LogP contribution in [-0.2, 0) is 4.74 Å². The Kier molecular flexibility index (Phi) is 10.1. The molecule has 214 valence electrons. The Bertz CT molecular complexity index is 1280. The van der Waals surface area contributed by atoms with Gasteiger partial charge in [0.15, 0.2) is 11.6 Å². The lowest BCUT2D eigenvalue weighted by molar-refractivity contribution is -0.126. The number of nitrogen functional groups attached to an aromatic ring is 2. The largest absolute Gasteiger partial charge is 0.382 e. The summed E-state index contributed by atoms with van der Waals surface area (Å²) in [6.45, 7) is 5.23. The van der Waals surface area contributed by atoms with E-state index in [9.17, 15) is 22.0 Å². The maximum absolute atomic E-state index is 14.3. The number of likely N-dealkylation sites (tertiary alicyclic amines) is 1. The molecule has 0 unspecified atom stereocenters. The molecular formula is C24H32F5N9O. The second-order valence-electron chi connectivity index (χ2n) is 9.02. The summed E-state index contributed by atoms with van der Waals surface area (Å²) < 4.78 is 67.9. The number of pyridine rings is 1. The lowest BCUT2D eigenvalue weighted by Gasteiger charge is -2.41. The number of fused-ring (bicyclic) bond motifs is 1. The number of aryl methyl sites for hydroxylation is 1. The molecule has 3 aromatic heterocycles. The molecule has 0 saturated carbocycles. The van der Waals surface area contributed by atoms with Gasteiger partial charge in [-0.15, -0.1) is 5.10 Å². The highest BCUT2D eigenvalue weighted by molar-refractivity contribution is 5.87. The van der Waals surface area contributed by atoms with Crippen LogP contribution in [0.3, 0.4) is 0 Å². The number of nitrogens with zero attached hydrogens (tertiary/aromatic N) is 7. The average Bonchev–Trinajstić information content (AvgIpc) is 3.15. The van der Waals surface area contributed by atoms with Crippen LogP contribution in [0.15, 0.2) is 28.6 Å². The molecular weight excluding hydrogens is 525 g/mol. The monoisotopic (exact) mass is 557 g/mol. The van der Waals surface area contributed by atoms with Gasteiger partial charge in [0.1, 0.15) is 11.2 Å². The topological polar surface area (TPSA) is 132 Å². The van der Waals surface area contributed by atoms with Crippen molar-refractivity contribution in [3.63, 3.8) is 0 Å². The van der Waals surface area contributed by atoms with Gasteiger partial charge in [-0.1, -0.05) is 6.92 Å². The van der Waals surface area contributed by atoms with Gasteiger partial charge in [-0.05, 0) is 32.0 Å². The molecule has 39 heavy (non-hydrogen) atoms. The summed E-state index contributed by atoms with van der Waals surface area (Å²) in [6.07, 6.45) is -0.286. The third-order valence-electron chi connectivity index (χ3n) is 6.02. The van der Waals surface area contributed by atoms with E-state index in [-0.39, 0.29) is 42.8 Å². The van der Waals surface area contributed by atoms with Crippen molar-refractivity contribution in [3.8, 4) is 11.3 Å². The quantitative estimate of drug-likeness (QED) is 0.345. The molecule has 0 aromatic carbocycles.